The van der Waals surface area contributed by atoms with Crippen molar-refractivity contribution in [2.45, 2.75) is 18.8 Å². The van der Waals surface area contributed by atoms with Gasteiger partial charge in [0.2, 0.25) is 0 Å². The minimum absolute atomic E-state index is 0.469. The van der Waals surface area contributed by atoms with E-state index in [9.17, 15) is 4.79 Å². The van der Waals surface area contributed by atoms with Gasteiger partial charge in [-0.15, -0.1) is 0 Å². The van der Waals surface area contributed by atoms with Crippen LogP contribution in [0.2, 0.25) is 0 Å². The van der Waals surface area contributed by atoms with Crippen LogP contribution < -0.4 is 9.47 Å². The summed E-state index contributed by atoms with van der Waals surface area (Å²) in [7, 11) is 1.58. The third-order valence-corrected chi connectivity index (χ3v) is 2.79. The van der Waals surface area contributed by atoms with Gasteiger partial charge in [-0.05, 0) is 18.9 Å². The zero-order chi connectivity index (χ0) is 11.5. The molecule has 1 aromatic carbocycles. The van der Waals surface area contributed by atoms with Crippen molar-refractivity contribution >= 4 is 5.97 Å². The van der Waals surface area contributed by atoms with Crippen LogP contribution in [0.15, 0.2) is 18.2 Å². The van der Waals surface area contributed by atoms with E-state index in [2.05, 4.69) is 0 Å². The molecule has 16 heavy (non-hydrogen) atoms. The van der Waals surface area contributed by atoms with Crippen LogP contribution in [-0.2, 0) is 4.79 Å². The minimum atomic E-state index is -0.795. The molecule has 1 aromatic rings. The molecule has 0 radical (unpaired) electrons. The number of ether oxygens (including phenoxy) is 2. The molecule has 1 aliphatic rings. The maximum atomic E-state index is 11.1. The molecule has 86 valence electrons. The SMILES string of the molecule is COc1ccc2c(c1)OCCCC2C(=O)O. The van der Waals surface area contributed by atoms with Crippen LogP contribution in [0.5, 0.6) is 11.5 Å². The number of hydrogen-bond acceptors (Lipinski definition) is 3. The summed E-state index contributed by atoms with van der Waals surface area (Å²) in [6.07, 6.45) is 1.38. The van der Waals surface area contributed by atoms with E-state index >= 15 is 0 Å². The first kappa shape index (κ1) is 10.8. The van der Waals surface area contributed by atoms with E-state index in [1.165, 1.54) is 0 Å². The molecule has 1 heterocycles. The zero-order valence-corrected chi connectivity index (χ0v) is 9.10. The molecule has 4 nitrogen and oxygen atoms in total. The second kappa shape index (κ2) is 4.43. The number of rotatable bonds is 2. The summed E-state index contributed by atoms with van der Waals surface area (Å²) < 4.78 is 10.6. The lowest BCUT2D eigenvalue weighted by atomic mass is 9.94. The van der Waals surface area contributed by atoms with Crippen LogP contribution in [0, 0.1) is 0 Å². The number of benzene rings is 1. The van der Waals surface area contributed by atoms with Crippen molar-refractivity contribution in [1.29, 1.82) is 0 Å². The fourth-order valence-corrected chi connectivity index (χ4v) is 1.94. The summed E-state index contributed by atoms with van der Waals surface area (Å²) in [5.41, 5.74) is 0.741. The molecule has 0 fully saturated rings. The third kappa shape index (κ3) is 1.96. The fourth-order valence-electron chi connectivity index (χ4n) is 1.94. The maximum absolute atomic E-state index is 11.1. The lowest BCUT2D eigenvalue weighted by molar-refractivity contribution is -0.138. The van der Waals surface area contributed by atoms with E-state index in [1.807, 2.05) is 0 Å². The monoisotopic (exact) mass is 222 g/mol. The minimum Gasteiger partial charge on any atom is -0.497 e. The number of aliphatic carboxylic acids is 1. The molecule has 1 atom stereocenters. The van der Waals surface area contributed by atoms with Crippen molar-refractivity contribution in [2.24, 2.45) is 0 Å². The molecular formula is C12H14O4. The second-order valence-corrected chi connectivity index (χ2v) is 3.79. The Morgan fingerprint density at radius 1 is 1.56 bits per heavy atom. The molecule has 0 aliphatic carbocycles. The largest absolute Gasteiger partial charge is 0.497 e. The molecule has 0 spiro atoms. The van der Waals surface area contributed by atoms with Gasteiger partial charge in [0.1, 0.15) is 11.5 Å². The van der Waals surface area contributed by atoms with Crippen molar-refractivity contribution in [3.8, 4) is 11.5 Å². The van der Waals surface area contributed by atoms with Gasteiger partial charge in [-0.1, -0.05) is 6.07 Å². The van der Waals surface area contributed by atoms with Crippen LogP contribution in [0.3, 0.4) is 0 Å². The Morgan fingerprint density at radius 2 is 2.38 bits per heavy atom. The average Bonchev–Trinajstić information content (AvgIpc) is 2.49. The third-order valence-electron chi connectivity index (χ3n) is 2.79. The topological polar surface area (TPSA) is 55.8 Å². The summed E-state index contributed by atoms with van der Waals surface area (Å²) in [5, 5.41) is 9.15. The van der Waals surface area contributed by atoms with E-state index in [4.69, 9.17) is 14.6 Å². The first-order valence-electron chi connectivity index (χ1n) is 5.26. The lowest BCUT2D eigenvalue weighted by Gasteiger charge is -2.13. The van der Waals surface area contributed by atoms with Crippen LogP contribution >= 0.6 is 0 Å². The van der Waals surface area contributed by atoms with Crippen LogP contribution in [-0.4, -0.2) is 24.8 Å². The molecule has 0 amide bonds. The number of carboxylic acid groups (broad SMARTS) is 1. The van der Waals surface area contributed by atoms with Gasteiger partial charge >= 0.3 is 5.97 Å². The van der Waals surface area contributed by atoms with Crippen LogP contribution in [0.1, 0.15) is 24.3 Å². The van der Waals surface area contributed by atoms with Gasteiger partial charge in [0.05, 0.1) is 19.6 Å². The van der Waals surface area contributed by atoms with Gasteiger partial charge in [-0.2, -0.15) is 0 Å². The Bertz CT molecular complexity index is 400. The Morgan fingerprint density at radius 3 is 3.06 bits per heavy atom. The standard InChI is InChI=1S/C12H14O4/c1-15-8-4-5-9-10(12(13)14)3-2-6-16-11(9)7-8/h4-5,7,10H,2-3,6H2,1H3,(H,13,14). The first-order chi connectivity index (χ1) is 7.72. The Kier molecular flexibility index (Phi) is 2.99. The molecule has 0 saturated heterocycles. The molecule has 0 saturated carbocycles. The normalized spacial score (nSPS) is 19.2. The number of carbonyl (C=O) groups is 1. The highest BCUT2D eigenvalue weighted by molar-refractivity contribution is 5.77. The first-order valence-corrected chi connectivity index (χ1v) is 5.26. The van der Waals surface area contributed by atoms with Crippen molar-refractivity contribution in [3.05, 3.63) is 23.8 Å². The summed E-state index contributed by atoms with van der Waals surface area (Å²) >= 11 is 0. The van der Waals surface area contributed by atoms with Gasteiger partial charge in [-0.25, -0.2) is 0 Å². The predicted molar refractivity (Wildman–Crippen MR) is 58.1 cm³/mol. The molecule has 1 aliphatic heterocycles. The Balaban J connectivity index is 2.42. The zero-order valence-electron chi connectivity index (χ0n) is 9.10. The van der Waals surface area contributed by atoms with Crippen molar-refractivity contribution in [2.75, 3.05) is 13.7 Å². The molecule has 0 aromatic heterocycles. The molecule has 1 N–H and O–H groups in total. The number of methoxy groups -OCH3 is 1. The van der Waals surface area contributed by atoms with E-state index < -0.39 is 11.9 Å². The molecular weight excluding hydrogens is 208 g/mol. The van der Waals surface area contributed by atoms with E-state index in [0.29, 0.717) is 24.5 Å². The summed E-state index contributed by atoms with van der Waals surface area (Å²) in [5.74, 6) is 0.0503. The fraction of sp³-hybridized carbons (Fsp3) is 0.417. The average molecular weight is 222 g/mol. The van der Waals surface area contributed by atoms with E-state index in [-0.39, 0.29) is 0 Å². The van der Waals surface area contributed by atoms with E-state index in [0.717, 1.165) is 12.0 Å². The quantitative estimate of drug-likeness (QED) is 0.831. The van der Waals surface area contributed by atoms with Crippen LogP contribution in [0.4, 0.5) is 0 Å². The highest BCUT2D eigenvalue weighted by Gasteiger charge is 2.25. The Hall–Kier alpha value is -1.71. The molecule has 4 heteroatoms. The van der Waals surface area contributed by atoms with Crippen molar-refractivity contribution in [1.82, 2.24) is 0 Å². The lowest BCUT2D eigenvalue weighted by Crippen LogP contribution is -2.10. The molecule has 2 rings (SSSR count). The number of fused-ring (bicyclic) bond motifs is 1. The Labute approximate surface area is 93.8 Å². The molecule has 0 bridgehead atoms. The van der Waals surface area contributed by atoms with E-state index in [1.54, 1.807) is 25.3 Å². The van der Waals surface area contributed by atoms with Gasteiger partial charge in [0, 0.05) is 11.6 Å². The van der Waals surface area contributed by atoms with Gasteiger partial charge < -0.3 is 14.6 Å². The van der Waals surface area contributed by atoms with Crippen LogP contribution in [0.25, 0.3) is 0 Å². The highest BCUT2D eigenvalue weighted by Crippen LogP contribution is 2.35. The smallest absolute Gasteiger partial charge is 0.311 e. The molecule has 1 unspecified atom stereocenters. The summed E-state index contributed by atoms with van der Waals surface area (Å²) in [4.78, 5) is 11.1. The van der Waals surface area contributed by atoms with Gasteiger partial charge in [0.25, 0.3) is 0 Å². The van der Waals surface area contributed by atoms with Crippen molar-refractivity contribution in [3.63, 3.8) is 0 Å². The number of carboxylic acids is 1. The van der Waals surface area contributed by atoms with Crippen molar-refractivity contribution < 1.29 is 19.4 Å². The summed E-state index contributed by atoms with van der Waals surface area (Å²) in [6.45, 7) is 0.559. The predicted octanol–water partition coefficient (Wildman–Crippen LogP) is 2.04. The maximum Gasteiger partial charge on any atom is 0.311 e. The second-order valence-electron chi connectivity index (χ2n) is 3.79. The highest BCUT2D eigenvalue weighted by atomic mass is 16.5. The van der Waals surface area contributed by atoms with Gasteiger partial charge in [-0.3, -0.25) is 4.79 Å². The summed E-state index contributed by atoms with van der Waals surface area (Å²) in [6, 6.07) is 5.29. The van der Waals surface area contributed by atoms with Gasteiger partial charge in [0.15, 0.2) is 0 Å². The number of hydrogen-bond donors (Lipinski definition) is 1.